The Morgan fingerprint density at radius 2 is 0.790 bits per heavy atom. The van der Waals surface area contributed by atoms with Crippen LogP contribution in [-0.4, -0.2) is 48.4 Å². The van der Waals surface area contributed by atoms with Gasteiger partial charge in [0.15, 0.2) is 11.9 Å². The average molecular weight is 849 g/mol. The van der Waals surface area contributed by atoms with Gasteiger partial charge < -0.3 is 41.8 Å². The van der Waals surface area contributed by atoms with Gasteiger partial charge in [0, 0.05) is 19.3 Å². The fraction of sp³-hybridized carbons (Fsp3) is 0.500. The number of benzene rings is 4. The second-order valence-electron chi connectivity index (χ2n) is 21.0. The van der Waals surface area contributed by atoms with E-state index in [1.54, 1.807) is 0 Å². The smallest absolute Gasteiger partial charge is 0.185 e. The highest BCUT2D eigenvalue weighted by molar-refractivity contribution is 5.74. The monoisotopic (exact) mass is 849 g/mol. The van der Waals surface area contributed by atoms with Gasteiger partial charge in [-0.05, 0) is 102 Å². The van der Waals surface area contributed by atoms with Crippen molar-refractivity contribution in [3.05, 3.63) is 115 Å². The summed E-state index contributed by atoms with van der Waals surface area (Å²) in [7, 11) is 0. The minimum Gasteiger partial charge on any atom is -0.507 e. The molecule has 0 aliphatic heterocycles. The summed E-state index contributed by atoms with van der Waals surface area (Å²) in [4.78, 5) is 0. The third kappa shape index (κ3) is 12.8. The molecular weight excluding hydrogens is 773 g/mol. The molecule has 0 atom stereocenters. The Labute approximate surface area is 372 Å². The normalized spacial score (nSPS) is 12.3. The van der Waals surface area contributed by atoms with Crippen molar-refractivity contribution in [1.82, 2.24) is 10.6 Å². The van der Waals surface area contributed by atoms with Crippen LogP contribution >= 0.6 is 0 Å². The van der Waals surface area contributed by atoms with Crippen molar-refractivity contribution in [2.24, 2.45) is 11.5 Å². The van der Waals surface area contributed by atoms with E-state index < -0.39 is 0 Å². The van der Waals surface area contributed by atoms with E-state index in [0.717, 1.165) is 66.9 Å². The summed E-state index contributed by atoms with van der Waals surface area (Å²) >= 11 is 0. The molecule has 0 heterocycles. The van der Waals surface area contributed by atoms with Gasteiger partial charge in [0.25, 0.3) is 0 Å². The second kappa shape index (κ2) is 19.3. The number of phenolic OH excluding ortho intramolecular Hbond substituents is 2. The number of ether oxygens (including phenoxy) is 2. The minimum atomic E-state index is -0.235. The lowest BCUT2D eigenvalue weighted by molar-refractivity contribution is 0.316. The standard InChI is InChI=1S/C52H76N6O4/c1-15-32-24-40(50(6,7)8)25-33(43(32)59)22-37-29-42(52(12,13)14)30-38(46(37)62-19-17-58-48(55)56)23-35-27-41(51(9,10)11)26-34(44(35)60)21-36-28-39(49(3,4)5)20-31(2)45(36)61-18-16-57-47(53)54/h20,24-30,59-60H,15-19,21-23H2,1-14H3,(H4,53,54,57)(H4,55,56,58). The summed E-state index contributed by atoms with van der Waals surface area (Å²) in [6, 6.07) is 17.2. The Morgan fingerprint density at radius 1 is 0.500 bits per heavy atom. The number of rotatable bonds is 15. The van der Waals surface area contributed by atoms with Gasteiger partial charge in [-0.2, -0.15) is 0 Å². The van der Waals surface area contributed by atoms with Gasteiger partial charge in [-0.1, -0.05) is 139 Å². The van der Waals surface area contributed by atoms with E-state index in [-0.39, 0.29) is 45.9 Å². The first-order chi connectivity index (χ1) is 28.6. The Kier molecular flexibility index (Phi) is 15.4. The number of hydrogen-bond acceptors (Lipinski definition) is 6. The molecular formula is C52H76N6O4. The zero-order valence-electron chi connectivity index (χ0n) is 40.1. The molecule has 0 amide bonds. The predicted molar refractivity (Wildman–Crippen MR) is 257 cm³/mol. The first kappa shape index (κ1) is 49.3. The number of hydrogen-bond donors (Lipinski definition) is 8. The first-order valence-corrected chi connectivity index (χ1v) is 22.0. The summed E-state index contributed by atoms with van der Waals surface area (Å²) in [5, 5.41) is 45.1. The molecule has 0 saturated carbocycles. The molecule has 10 nitrogen and oxygen atoms in total. The SMILES string of the molecule is CCc1cc(C(C)(C)C)cc(Cc2cc(C(C)(C)C)cc(Cc3cc(C(C)(C)C)cc(Cc4cc(C(C)(C)C)cc(C)c4OCCNC(=N)N)c3O)c2OCCNC(=N)N)c1O. The van der Waals surface area contributed by atoms with Gasteiger partial charge in [0.2, 0.25) is 0 Å². The van der Waals surface area contributed by atoms with E-state index in [0.29, 0.717) is 56.9 Å². The highest BCUT2D eigenvalue weighted by Gasteiger charge is 2.27. The predicted octanol–water partition coefficient (Wildman–Crippen LogP) is 9.65. The summed E-state index contributed by atoms with van der Waals surface area (Å²) in [5.74, 6) is 1.73. The maximum absolute atomic E-state index is 12.5. The lowest BCUT2D eigenvalue weighted by Gasteiger charge is -2.27. The highest BCUT2D eigenvalue weighted by atomic mass is 16.5. The molecule has 10 N–H and O–H groups in total. The summed E-state index contributed by atoms with van der Waals surface area (Å²) in [5.41, 5.74) is 22.2. The van der Waals surface area contributed by atoms with E-state index in [1.165, 1.54) is 5.56 Å². The summed E-state index contributed by atoms with van der Waals surface area (Å²) < 4.78 is 13.1. The number of nitrogens with one attached hydrogen (secondary N) is 4. The Hall–Kier alpha value is -5.38. The van der Waals surface area contributed by atoms with E-state index in [1.807, 2.05) is 0 Å². The van der Waals surface area contributed by atoms with Gasteiger partial charge in [0.05, 0.1) is 13.1 Å². The molecule has 0 radical (unpaired) electrons. The van der Waals surface area contributed by atoms with E-state index >= 15 is 0 Å². The Balaban J connectivity index is 1.97. The molecule has 62 heavy (non-hydrogen) atoms. The van der Waals surface area contributed by atoms with Gasteiger partial charge in [-0.3, -0.25) is 10.8 Å². The van der Waals surface area contributed by atoms with E-state index in [4.69, 9.17) is 31.8 Å². The molecule has 4 aromatic carbocycles. The molecule has 0 spiro atoms. The molecule has 0 aromatic heterocycles. The number of guanidine groups is 2. The molecule has 338 valence electrons. The second-order valence-corrected chi connectivity index (χ2v) is 21.0. The number of nitrogens with two attached hydrogens (primary N) is 2. The Morgan fingerprint density at radius 3 is 1.13 bits per heavy atom. The fourth-order valence-electron chi connectivity index (χ4n) is 7.61. The minimum absolute atomic E-state index is 0.106. The van der Waals surface area contributed by atoms with Crippen LogP contribution in [0.4, 0.5) is 0 Å². The van der Waals surface area contributed by atoms with Crippen molar-refractivity contribution in [2.45, 2.75) is 144 Å². The number of phenols is 2. The van der Waals surface area contributed by atoms with E-state index in [2.05, 4.69) is 156 Å². The highest BCUT2D eigenvalue weighted by Crippen LogP contribution is 2.42. The quantitative estimate of drug-likeness (QED) is 0.0331. The van der Waals surface area contributed by atoms with Crippen LogP contribution in [0, 0.1) is 17.7 Å². The van der Waals surface area contributed by atoms with Crippen LogP contribution in [0.2, 0.25) is 0 Å². The zero-order chi connectivity index (χ0) is 46.5. The van der Waals surface area contributed by atoms with Crippen LogP contribution in [0.3, 0.4) is 0 Å². The lowest BCUT2D eigenvalue weighted by Crippen LogP contribution is -2.33. The van der Waals surface area contributed by atoms with Gasteiger partial charge in [0.1, 0.15) is 36.2 Å². The molecule has 0 aliphatic rings. The molecule has 4 rings (SSSR count). The maximum Gasteiger partial charge on any atom is 0.185 e. The summed E-state index contributed by atoms with van der Waals surface area (Å²) in [6.07, 6.45) is 1.94. The van der Waals surface area contributed by atoms with E-state index in [9.17, 15) is 10.2 Å². The zero-order valence-corrected chi connectivity index (χ0v) is 40.1. The summed E-state index contributed by atoms with van der Waals surface area (Å²) in [6.45, 7) is 31.7. The van der Waals surface area contributed by atoms with Crippen molar-refractivity contribution < 1.29 is 19.7 Å². The largest absolute Gasteiger partial charge is 0.507 e. The van der Waals surface area contributed by atoms with Crippen LogP contribution in [0.25, 0.3) is 0 Å². The van der Waals surface area contributed by atoms with Gasteiger partial charge in [-0.25, -0.2) is 0 Å². The molecule has 10 heteroatoms. The molecule has 4 aromatic rings. The number of aromatic hydroxyl groups is 2. The van der Waals surface area contributed by atoms with Crippen LogP contribution in [-0.2, 0) is 47.3 Å². The van der Waals surface area contributed by atoms with Gasteiger partial charge in [-0.15, -0.1) is 0 Å². The van der Waals surface area contributed by atoms with Crippen molar-refractivity contribution in [1.29, 1.82) is 10.8 Å². The maximum atomic E-state index is 12.5. The third-order valence-electron chi connectivity index (χ3n) is 11.4. The van der Waals surface area contributed by atoms with Crippen molar-refractivity contribution in [3.8, 4) is 23.0 Å². The molecule has 0 saturated heterocycles. The van der Waals surface area contributed by atoms with Crippen LogP contribution < -0.4 is 31.6 Å². The van der Waals surface area contributed by atoms with Crippen LogP contribution in [0.15, 0.2) is 48.5 Å². The fourth-order valence-corrected chi connectivity index (χ4v) is 7.61. The molecule has 0 unspecified atom stereocenters. The average Bonchev–Trinajstić information content (AvgIpc) is 3.13. The topological polar surface area (TPSA) is 183 Å². The van der Waals surface area contributed by atoms with Crippen LogP contribution in [0.1, 0.15) is 157 Å². The third-order valence-corrected chi connectivity index (χ3v) is 11.4. The lowest BCUT2D eigenvalue weighted by atomic mass is 9.80. The van der Waals surface area contributed by atoms with Crippen molar-refractivity contribution in [3.63, 3.8) is 0 Å². The molecule has 0 bridgehead atoms. The Bertz CT molecular complexity index is 2250. The van der Waals surface area contributed by atoms with Crippen LogP contribution in [0.5, 0.6) is 23.0 Å². The molecule has 0 fully saturated rings. The number of aryl methyl sites for hydroxylation is 2. The van der Waals surface area contributed by atoms with Crippen molar-refractivity contribution in [2.75, 3.05) is 26.3 Å². The van der Waals surface area contributed by atoms with Gasteiger partial charge >= 0.3 is 0 Å². The first-order valence-electron chi connectivity index (χ1n) is 22.0. The van der Waals surface area contributed by atoms with Crippen molar-refractivity contribution >= 4 is 11.9 Å². The molecule has 0 aliphatic carbocycles.